The number of nitrogens with two attached hydrogens (primary N) is 1. The van der Waals surface area contributed by atoms with Crippen LogP contribution < -0.4 is 10.5 Å². The number of methoxy groups -OCH3 is 1. The molecule has 1 atom stereocenters. The Morgan fingerprint density at radius 1 is 1.38 bits per heavy atom. The van der Waals surface area contributed by atoms with Gasteiger partial charge in [0.25, 0.3) is 0 Å². The Balaban J connectivity index is 2.78. The van der Waals surface area contributed by atoms with Crippen molar-refractivity contribution in [1.82, 2.24) is 0 Å². The minimum atomic E-state index is -0.0570. The second-order valence-corrected chi connectivity index (χ2v) is 3.81. The molecule has 0 amide bonds. The Morgan fingerprint density at radius 3 is 2.44 bits per heavy atom. The van der Waals surface area contributed by atoms with E-state index in [0.717, 1.165) is 18.6 Å². The van der Waals surface area contributed by atoms with Crippen molar-refractivity contribution in [2.24, 2.45) is 11.7 Å². The summed E-state index contributed by atoms with van der Waals surface area (Å²) in [5.41, 5.74) is 6.32. The lowest BCUT2D eigenvalue weighted by Gasteiger charge is -2.12. The van der Waals surface area contributed by atoms with Crippen molar-refractivity contribution in [1.29, 1.82) is 0 Å². The molecule has 0 saturated carbocycles. The highest BCUT2D eigenvalue weighted by atomic mass is 16.5. The van der Waals surface area contributed by atoms with Crippen LogP contribution in [-0.4, -0.2) is 19.4 Å². The first-order chi connectivity index (χ1) is 7.72. The maximum Gasteiger partial charge on any atom is 0.167 e. The summed E-state index contributed by atoms with van der Waals surface area (Å²) >= 11 is 0. The second-order valence-electron chi connectivity index (χ2n) is 3.81. The lowest BCUT2D eigenvalue weighted by Crippen LogP contribution is -2.23. The molecule has 0 bridgehead atoms. The molecule has 16 heavy (non-hydrogen) atoms. The van der Waals surface area contributed by atoms with Gasteiger partial charge in [-0.05, 0) is 30.7 Å². The van der Waals surface area contributed by atoms with Gasteiger partial charge >= 0.3 is 0 Å². The summed E-state index contributed by atoms with van der Waals surface area (Å²) in [6, 6.07) is 7.18. The zero-order valence-electron chi connectivity index (χ0n) is 9.90. The number of Topliss-reactive ketones (excluding diaryl/α,β-unsaturated/α-hetero) is 1. The van der Waals surface area contributed by atoms with E-state index in [4.69, 9.17) is 10.5 Å². The van der Waals surface area contributed by atoms with Crippen LogP contribution in [0.15, 0.2) is 24.3 Å². The number of carbonyl (C=O) groups is 1. The first-order valence-electron chi connectivity index (χ1n) is 5.61. The second kappa shape index (κ2) is 6.28. The zero-order valence-corrected chi connectivity index (χ0v) is 9.90. The number of benzene rings is 1. The standard InChI is InChI=1S/C13H19NO2/c1-3-4-11(9-14)13(15)10-5-7-12(16-2)8-6-10/h5-8,11H,3-4,9,14H2,1-2H3. The van der Waals surface area contributed by atoms with Crippen molar-refractivity contribution >= 4 is 5.78 Å². The lowest BCUT2D eigenvalue weighted by atomic mass is 9.94. The van der Waals surface area contributed by atoms with Gasteiger partial charge in [0, 0.05) is 18.0 Å². The fourth-order valence-electron chi connectivity index (χ4n) is 1.70. The molecule has 0 aromatic heterocycles. The van der Waals surface area contributed by atoms with E-state index in [1.807, 2.05) is 0 Å². The maximum absolute atomic E-state index is 12.0. The van der Waals surface area contributed by atoms with E-state index >= 15 is 0 Å². The average Bonchev–Trinajstić information content (AvgIpc) is 2.35. The molecule has 1 aromatic rings. The molecule has 88 valence electrons. The monoisotopic (exact) mass is 221 g/mol. The number of ketones is 1. The third-order valence-electron chi connectivity index (χ3n) is 2.67. The first kappa shape index (κ1) is 12.7. The van der Waals surface area contributed by atoms with Crippen LogP contribution in [0.3, 0.4) is 0 Å². The van der Waals surface area contributed by atoms with E-state index in [1.54, 1.807) is 31.4 Å². The summed E-state index contributed by atoms with van der Waals surface area (Å²) in [7, 11) is 1.61. The van der Waals surface area contributed by atoms with Crippen molar-refractivity contribution in [3.63, 3.8) is 0 Å². The minimum absolute atomic E-state index is 0.0570. The summed E-state index contributed by atoms with van der Waals surface area (Å²) in [5, 5.41) is 0. The fourth-order valence-corrected chi connectivity index (χ4v) is 1.70. The quantitative estimate of drug-likeness (QED) is 0.750. The lowest BCUT2D eigenvalue weighted by molar-refractivity contribution is 0.0917. The molecule has 0 aliphatic carbocycles. The first-order valence-corrected chi connectivity index (χ1v) is 5.61. The molecule has 2 N–H and O–H groups in total. The third kappa shape index (κ3) is 3.07. The van der Waals surface area contributed by atoms with Crippen LogP contribution in [0.1, 0.15) is 30.1 Å². The van der Waals surface area contributed by atoms with Crippen LogP contribution in [-0.2, 0) is 0 Å². The fraction of sp³-hybridized carbons (Fsp3) is 0.462. The van der Waals surface area contributed by atoms with Gasteiger partial charge in [-0.3, -0.25) is 4.79 Å². The number of ether oxygens (including phenoxy) is 1. The van der Waals surface area contributed by atoms with Gasteiger partial charge in [-0.2, -0.15) is 0 Å². The van der Waals surface area contributed by atoms with Gasteiger partial charge in [0.05, 0.1) is 7.11 Å². The van der Waals surface area contributed by atoms with Gasteiger partial charge < -0.3 is 10.5 Å². The van der Waals surface area contributed by atoms with Crippen LogP contribution in [0.2, 0.25) is 0 Å². The topological polar surface area (TPSA) is 52.3 Å². The largest absolute Gasteiger partial charge is 0.497 e. The Kier molecular flexibility index (Phi) is 4.99. The van der Waals surface area contributed by atoms with Crippen LogP contribution >= 0.6 is 0 Å². The van der Waals surface area contributed by atoms with Crippen molar-refractivity contribution in [2.45, 2.75) is 19.8 Å². The smallest absolute Gasteiger partial charge is 0.167 e. The number of hydrogen-bond donors (Lipinski definition) is 1. The van der Waals surface area contributed by atoms with Crippen molar-refractivity contribution < 1.29 is 9.53 Å². The molecular formula is C13H19NO2. The summed E-state index contributed by atoms with van der Waals surface area (Å²) < 4.78 is 5.05. The van der Waals surface area contributed by atoms with Gasteiger partial charge in [-0.1, -0.05) is 13.3 Å². The van der Waals surface area contributed by atoms with Gasteiger partial charge in [-0.25, -0.2) is 0 Å². The molecule has 1 unspecified atom stereocenters. The van der Waals surface area contributed by atoms with Crippen LogP contribution in [0.5, 0.6) is 5.75 Å². The molecule has 3 nitrogen and oxygen atoms in total. The van der Waals surface area contributed by atoms with Crippen LogP contribution in [0.25, 0.3) is 0 Å². The highest BCUT2D eigenvalue weighted by molar-refractivity contribution is 5.98. The molecule has 0 aliphatic rings. The Hall–Kier alpha value is -1.35. The summed E-state index contributed by atoms with van der Waals surface area (Å²) in [6.07, 6.45) is 1.82. The van der Waals surface area contributed by atoms with Gasteiger partial charge in [0.15, 0.2) is 5.78 Å². The van der Waals surface area contributed by atoms with Crippen molar-refractivity contribution in [3.05, 3.63) is 29.8 Å². The highest BCUT2D eigenvalue weighted by Crippen LogP contribution is 2.16. The van der Waals surface area contributed by atoms with E-state index in [-0.39, 0.29) is 11.7 Å². The Labute approximate surface area is 96.6 Å². The van der Waals surface area contributed by atoms with E-state index in [1.165, 1.54) is 0 Å². The van der Waals surface area contributed by atoms with Crippen LogP contribution in [0.4, 0.5) is 0 Å². The molecule has 0 fully saturated rings. The van der Waals surface area contributed by atoms with E-state index in [0.29, 0.717) is 12.1 Å². The predicted octanol–water partition coefficient (Wildman–Crippen LogP) is 2.25. The normalized spacial score (nSPS) is 12.2. The maximum atomic E-state index is 12.0. The summed E-state index contributed by atoms with van der Waals surface area (Å²) in [6.45, 7) is 2.47. The average molecular weight is 221 g/mol. The molecule has 0 saturated heterocycles. The SMILES string of the molecule is CCCC(CN)C(=O)c1ccc(OC)cc1. The molecule has 1 rings (SSSR count). The van der Waals surface area contributed by atoms with E-state index in [2.05, 4.69) is 6.92 Å². The third-order valence-corrected chi connectivity index (χ3v) is 2.67. The van der Waals surface area contributed by atoms with Gasteiger partial charge in [0.2, 0.25) is 0 Å². The Bertz CT molecular complexity index is 332. The molecule has 0 aliphatic heterocycles. The van der Waals surface area contributed by atoms with Crippen molar-refractivity contribution in [3.8, 4) is 5.75 Å². The van der Waals surface area contributed by atoms with Gasteiger partial charge in [-0.15, -0.1) is 0 Å². The molecule has 1 aromatic carbocycles. The molecule has 0 spiro atoms. The van der Waals surface area contributed by atoms with Crippen LogP contribution in [0, 0.1) is 5.92 Å². The van der Waals surface area contributed by atoms with E-state index in [9.17, 15) is 4.79 Å². The minimum Gasteiger partial charge on any atom is -0.497 e. The van der Waals surface area contributed by atoms with Gasteiger partial charge in [0.1, 0.15) is 5.75 Å². The summed E-state index contributed by atoms with van der Waals surface area (Å²) in [4.78, 5) is 12.0. The zero-order chi connectivity index (χ0) is 12.0. The molecule has 0 heterocycles. The molecule has 3 heteroatoms. The van der Waals surface area contributed by atoms with Crippen molar-refractivity contribution in [2.75, 3.05) is 13.7 Å². The number of hydrogen-bond acceptors (Lipinski definition) is 3. The van der Waals surface area contributed by atoms with E-state index < -0.39 is 0 Å². The summed E-state index contributed by atoms with van der Waals surface area (Å²) in [5.74, 6) is 0.835. The molecule has 0 radical (unpaired) electrons. The molecular weight excluding hydrogens is 202 g/mol. The number of carbonyl (C=O) groups excluding carboxylic acids is 1. The predicted molar refractivity (Wildman–Crippen MR) is 64.8 cm³/mol. The highest BCUT2D eigenvalue weighted by Gasteiger charge is 2.17. The Morgan fingerprint density at radius 2 is 2.00 bits per heavy atom. The number of rotatable bonds is 6.